The van der Waals surface area contributed by atoms with Crippen molar-refractivity contribution >= 4 is 23.3 Å². The van der Waals surface area contributed by atoms with Crippen molar-refractivity contribution in [2.24, 2.45) is 0 Å². The first-order valence-electron chi connectivity index (χ1n) is 9.24. The second kappa shape index (κ2) is 8.14. The molecule has 2 heterocycles. The van der Waals surface area contributed by atoms with Crippen LogP contribution in [-0.4, -0.2) is 37.0 Å². The van der Waals surface area contributed by atoms with Crippen LogP contribution in [0.15, 0.2) is 29.4 Å². The predicted molar refractivity (Wildman–Crippen MR) is 111 cm³/mol. The van der Waals surface area contributed by atoms with E-state index < -0.39 is 0 Å². The van der Waals surface area contributed by atoms with E-state index in [-0.39, 0.29) is 16.8 Å². The van der Waals surface area contributed by atoms with Crippen molar-refractivity contribution in [2.75, 3.05) is 0 Å². The maximum absolute atomic E-state index is 12.9. The number of nitrogens with one attached hydrogen (secondary N) is 2. The van der Waals surface area contributed by atoms with Crippen molar-refractivity contribution in [3.63, 3.8) is 0 Å². The molecule has 0 saturated carbocycles. The van der Waals surface area contributed by atoms with Gasteiger partial charge in [0.1, 0.15) is 0 Å². The fourth-order valence-electron chi connectivity index (χ4n) is 3.27. The highest BCUT2D eigenvalue weighted by Crippen LogP contribution is 2.27. The summed E-state index contributed by atoms with van der Waals surface area (Å²) in [4.78, 5) is 32.3. The molecule has 0 bridgehead atoms. The molecule has 6 nitrogen and oxygen atoms in total. The number of carbonyl (C=O) groups is 2. The molecule has 28 heavy (non-hydrogen) atoms. The van der Waals surface area contributed by atoms with E-state index in [9.17, 15) is 9.59 Å². The zero-order valence-corrected chi connectivity index (χ0v) is 17.5. The van der Waals surface area contributed by atoms with E-state index in [1.807, 2.05) is 26.0 Å². The second-order valence-electron chi connectivity index (χ2n) is 6.82. The van der Waals surface area contributed by atoms with Gasteiger partial charge >= 0.3 is 0 Å². The number of hydrogen-bond donors (Lipinski definition) is 2. The van der Waals surface area contributed by atoms with Crippen LogP contribution < -0.4 is 0 Å². The molecular weight excluding hydrogens is 372 g/mol. The summed E-state index contributed by atoms with van der Waals surface area (Å²) in [6, 6.07) is 8.16. The summed E-state index contributed by atoms with van der Waals surface area (Å²) in [5, 5.41) is 7.30. The summed E-state index contributed by atoms with van der Waals surface area (Å²) >= 11 is 1.29. The van der Waals surface area contributed by atoms with Gasteiger partial charge in [0, 0.05) is 16.8 Å². The minimum Gasteiger partial charge on any atom is -0.355 e. The van der Waals surface area contributed by atoms with Crippen LogP contribution >= 0.6 is 11.8 Å². The molecule has 1 unspecified atom stereocenters. The summed E-state index contributed by atoms with van der Waals surface area (Å²) in [5.41, 5.74) is 4.72. The normalized spacial score (nSPS) is 12.2. The molecule has 7 heteroatoms. The van der Waals surface area contributed by atoms with Crippen LogP contribution in [0.3, 0.4) is 0 Å². The number of Topliss-reactive ketones (excluding diaryl/α,β-unsaturated/α-hetero) is 2. The topological polar surface area (TPSA) is 91.5 Å². The summed E-state index contributed by atoms with van der Waals surface area (Å²) in [5.74, 6) is 0.561. The minimum atomic E-state index is -0.386. The Kier molecular flexibility index (Phi) is 5.84. The molecule has 2 N–H and O–H groups in total. The van der Waals surface area contributed by atoms with Gasteiger partial charge in [-0.2, -0.15) is 0 Å². The number of aromatic amines is 2. The standard InChI is InChI=1S/C21H24N4O2S/c1-6-15-7-9-16(10-8-15)20-23-21(25-24-20)28-14(5)19(27)18-11(2)17(13(4)26)12(3)22-18/h7-10,14,22H,6H2,1-5H3,(H,23,24,25). The van der Waals surface area contributed by atoms with Crippen LogP contribution in [0, 0.1) is 13.8 Å². The molecule has 0 fully saturated rings. The van der Waals surface area contributed by atoms with E-state index in [0.717, 1.165) is 17.7 Å². The minimum absolute atomic E-state index is 0.0432. The molecule has 1 aromatic carbocycles. The van der Waals surface area contributed by atoms with Gasteiger partial charge in [0.15, 0.2) is 17.4 Å². The van der Waals surface area contributed by atoms with Gasteiger partial charge in [-0.25, -0.2) is 4.98 Å². The summed E-state index contributed by atoms with van der Waals surface area (Å²) < 4.78 is 0. The average Bonchev–Trinajstić information content (AvgIpc) is 3.25. The number of rotatable bonds is 7. The lowest BCUT2D eigenvalue weighted by molar-refractivity contribution is 0.0988. The fraction of sp³-hybridized carbons (Fsp3) is 0.333. The molecule has 146 valence electrons. The predicted octanol–water partition coefficient (Wildman–Crippen LogP) is 4.55. The highest BCUT2D eigenvalue weighted by atomic mass is 32.2. The smallest absolute Gasteiger partial charge is 0.209 e. The van der Waals surface area contributed by atoms with Crippen LogP contribution in [0.4, 0.5) is 0 Å². The van der Waals surface area contributed by atoms with E-state index in [0.29, 0.717) is 27.8 Å². The summed E-state index contributed by atoms with van der Waals surface area (Å²) in [7, 11) is 0. The number of H-pyrrole nitrogens is 2. The molecule has 0 aliphatic rings. The fourth-order valence-corrected chi connectivity index (χ4v) is 4.05. The van der Waals surface area contributed by atoms with E-state index in [4.69, 9.17) is 0 Å². The lowest BCUT2D eigenvalue weighted by Gasteiger charge is -2.07. The third kappa shape index (κ3) is 3.94. The molecule has 0 radical (unpaired) electrons. The van der Waals surface area contributed by atoms with Crippen molar-refractivity contribution in [3.8, 4) is 11.4 Å². The lowest BCUT2D eigenvalue weighted by Crippen LogP contribution is -2.15. The van der Waals surface area contributed by atoms with Gasteiger partial charge in [-0.3, -0.25) is 14.7 Å². The van der Waals surface area contributed by atoms with Gasteiger partial charge < -0.3 is 4.98 Å². The molecule has 0 aliphatic carbocycles. The molecular formula is C21H24N4O2S. The Hall–Kier alpha value is -2.67. The molecule has 0 aliphatic heterocycles. The van der Waals surface area contributed by atoms with Crippen molar-refractivity contribution < 1.29 is 9.59 Å². The number of hydrogen-bond acceptors (Lipinski definition) is 5. The van der Waals surface area contributed by atoms with Crippen molar-refractivity contribution in [1.82, 2.24) is 20.2 Å². The van der Waals surface area contributed by atoms with Crippen LogP contribution in [0.5, 0.6) is 0 Å². The molecule has 0 spiro atoms. The Morgan fingerprint density at radius 1 is 1.18 bits per heavy atom. The van der Waals surface area contributed by atoms with Gasteiger partial charge in [0.25, 0.3) is 0 Å². The van der Waals surface area contributed by atoms with E-state index in [2.05, 4.69) is 39.2 Å². The van der Waals surface area contributed by atoms with Crippen LogP contribution in [0.1, 0.15) is 58.4 Å². The summed E-state index contributed by atoms with van der Waals surface area (Å²) in [6.07, 6.45) is 0.986. The molecule has 3 rings (SSSR count). The van der Waals surface area contributed by atoms with E-state index in [1.54, 1.807) is 6.92 Å². The van der Waals surface area contributed by atoms with Gasteiger partial charge in [0.2, 0.25) is 5.16 Å². The van der Waals surface area contributed by atoms with Crippen LogP contribution in [0.2, 0.25) is 0 Å². The first kappa shape index (κ1) is 20.1. The number of ketones is 2. The van der Waals surface area contributed by atoms with Gasteiger partial charge in [-0.15, -0.1) is 5.10 Å². The maximum Gasteiger partial charge on any atom is 0.209 e. The maximum atomic E-state index is 12.9. The molecule has 0 saturated heterocycles. The highest BCUT2D eigenvalue weighted by molar-refractivity contribution is 8.00. The van der Waals surface area contributed by atoms with E-state index >= 15 is 0 Å². The van der Waals surface area contributed by atoms with Crippen LogP contribution in [0.25, 0.3) is 11.4 Å². The van der Waals surface area contributed by atoms with Crippen molar-refractivity contribution in [2.45, 2.75) is 51.4 Å². The van der Waals surface area contributed by atoms with E-state index in [1.165, 1.54) is 24.2 Å². The largest absolute Gasteiger partial charge is 0.355 e. The zero-order chi connectivity index (χ0) is 20.4. The Bertz CT molecular complexity index is 1020. The second-order valence-corrected chi connectivity index (χ2v) is 8.13. The quantitative estimate of drug-likeness (QED) is 0.452. The first-order valence-corrected chi connectivity index (χ1v) is 10.1. The Labute approximate surface area is 168 Å². The Morgan fingerprint density at radius 2 is 1.86 bits per heavy atom. The highest BCUT2D eigenvalue weighted by Gasteiger charge is 2.25. The lowest BCUT2D eigenvalue weighted by atomic mass is 10.0. The molecule has 0 amide bonds. The first-order chi connectivity index (χ1) is 13.3. The molecule has 1 atom stereocenters. The van der Waals surface area contributed by atoms with Crippen molar-refractivity contribution in [3.05, 3.63) is 52.3 Å². The number of nitrogens with zero attached hydrogens (tertiary/aromatic N) is 2. The number of carbonyl (C=O) groups excluding carboxylic acids is 2. The molecule has 3 aromatic rings. The van der Waals surface area contributed by atoms with Gasteiger partial charge in [0.05, 0.1) is 10.9 Å². The Balaban J connectivity index is 1.75. The zero-order valence-electron chi connectivity index (χ0n) is 16.7. The third-order valence-corrected chi connectivity index (χ3v) is 5.75. The summed E-state index contributed by atoms with van der Waals surface area (Å²) in [6.45, 7) is 9.06. The number of benzene rings is 1. The van der Waals surface area contributed by atoms with Crippen molar-refractivity contribution in [1.29, 1.82) is 0 Å². The number of thioether (sulfide) groups is 1. The average molecular weight is 397 g/mol. The number of aromatic nitrogens is 4. The third-order valence-electron chi connectivity index (χ3n) is 4.79. The van der Waals surface area contributed by atoms with Gasteiger partial charge in [-0.1, -0.05) is 43.0 Å². The molecule has 2 aromatic heterocycles. The monoisotopic (exact) mass is 396 g/mol. The van der Waals surface area contributed by atoms with Crippen LogP contribution in [-0.2, 0) is 6.42 Å². The van der Waals surface area contributed by atoms with Gasteiger partial charge in [-0.05, 0) is 45.2 Å². The Morgan fingerprint density at radius 3 is 2.43 bits per heavy atom. The number of aryl methyl sites for hydroxylation is 2. The SMILES string of the molecule is CCc1ccc(-c2nc(SC(C)C(=O)c3[nH]c(C)c(C(C)=O)c3C)n[nH]2)cc1.